The molecule has 0 radical (unpaired) electrons. The number of aliphatic hydroxyl groups excluding tert-OH is 1. The molecule has 88 valence electrons. The minimum Gasteiger partial charge on any atom is -0.396 e. The Morgan fingerprint density at radius 1 is 1.38 bits per heavy atom. The Balaban J connectivity index is 2.34. The summed E-state index contributed by atoms with van der Waals surface area (Å²) in [6.07, 6.45) is 0.656. The minimum atomic E-state index is -0.258. The fourth-order valence-electron chi connectivity index (χ4n) is 1.26. The number of hydrogen-bond acceptors (Lipinski definition) is 3. The number of benzene rings is 1. The van der Waals surface area contributed by atoms with Gasteiger partial charge in [-0.2, -0.15) is 0 Å². The first-order valence-corrected chi connectivity index (χ1v) is 5.44. The SMILES string of the molecule is CC(NCCCO)C(=O)Nc1ccccc1. The van der Waals surface area contributed by atoms with Gasteiger partial charge in [0.25, 0.3) is 0 Å². The van der Waals surface area contributed by atoms with E-state index >= 15 is 0 Å². The highest BCUT2D eigenvalue weighted by atomic mass is 16.3. The molecule has 0 saturated carbocycles. The molecule has 0 saturated heterocycles. The van der Waals surface area contributed by atoms with Gasteiger partial charge in [-0.25, -0.2) is 0 Å². The second-order valence-electron chi connectivity index (χ2n) is 3.61. The lowest BCUT2D eigenvalue weighted by Crippen LogP contribution is -2.38. The molecule has 0 aliphatic heterocycles. The van der Waals surface area contributed by atoms with E-state index in [4.69, 9.17) is 5.11 Å². The Hall–Kier alpha value is -1.39. The lowest BCUT2D eigenvalue weighted by Gasteiger charge is -2.13. The van der Waals surface area contributed by atoms with E-state index in [0.29, 0.717) is 13.0 Å². The molecule has 0 bridgehead atoms. The van der Waals surface area contributed by atoms with Crippen molar-refractivity contribution >= 4 is 11.6 Å². The van der Waals surface area contributed by atoms with E-state index in [1.165, 1.54) is 0 Å². The van der Waals surface area contributed by atoms with Gasteiger partial charge in [-0.3, -0.25) is 4.79 Å². The van der Waals surface area contributed by atoms with E-state index in [2.05, 4.69) is 10.6 Å². The third kappa shape index (κ3) is 4.42. The zero-order chi connectivity index (χ0) is 11.8. The molecule has 0 aliphatic rings. The number of rotatable bonds is 6. The van der Waals surface area contributed by atoms with Crippen LogP contribution >= 0.6 is 0 Å². The van der Waals surface area contributed by atoms with Gasteiger partial charge in [-0.05, 0) is 32.0 Å². The monoisotopic (exact) mass is 222 g/mol. The van der Waals surface area contributed by atoms with Crippen molar-refractivity contribution in [3.05, 3.63) is 30.3 Å². The first-order chi connectivity index (χ1) is 7.74. The number of amides is 1. The van der Waals surface area contributed by atoms with Crippen LogP contribution in [0.2, 0.25) is 0 Å². The van der Waals surface area contributed by atoms with E-state index in [-0.39, 0.29) is 18.6 Å². The van der Waals surface area contributed by atoms with Crippen LogP contribution in [0.5, 0.6) is 0 Å². The molecule has 1 aromatic rings. The van der Waals surface area contributed by atoms with Gasteiger partial charge in [0.15, 0.2) is 0 Å². The van der Waals surface area contributed by atoms with Gasteiger partial charge in [0, 0.05) is 12.3 Å². The maximum Gasteiger partial charge on any atom is 0.241 e. The lowest BCUT2D eigenvalue weighted by molar-refractivity contribution is -0.117. The molecule has 0 aromatic heterocycles. The largest absolute Gasteiger partial charge is 0.396 e. The summed E-state index contributed by atoms with van der Waals surface area (Å²) in [4.78, 5) is 11.7. The highest BCUT2D eigenvalue weighted by molar-refractivity contribution is 5.94. The van der Waals surface area contributed by atoms with Gasteiger partial charge >= 0.3 is 0 Å². The summed E-state index contributed by atoms with van der Waals surface area (Å²) < 4.78 is 0. The Kier molecular flexibility index (Phi) is 5.53. The summed E-state index contributed by atoms with van der Waals surface area (Å²) in [6.45, 7) is 2.58. The van der Waals surface area contributed by atoms with Gasteiger partial charge in [0.2, 0.25) is 5.91 Å². The fraction of sp³-hybridized carbons (Fsp3) is 0.417. The molecule has 16 heavy (non-hydrogen) atoms. The van der Waals surface area contributed by atoms with E-state index in [9.17, 15) is 4.79 Å². The number of aliphatic hydroxyl groups is 1. The van der Waals surface area contributed by atoms with Crippen LogP contribution in [0.15, 0.2) is 30.3 Å². The van der Waals surface area contributed by atoms with E-state index in [0.717, 1.165) is 5.69 Å². The Bertz CT molecular complexity index is 314. The molecule has 0 heterocycles. The lowest BCUT2D eigenvalue weighted by atomic mass is 10.2. The highest BCUT2D eigenvalue weighted by Crippen LogP contribution is 2.05. The molecule has 1 aromatic carbocycles. The van der Waals surface area contributed by atoms with Crippen molar-refractivity contribution < 1.29 is 9.90 Å². The predicted molar refractivity (Wildman–Crippen MR) is 64.2 cm³/mol. The van der Waals surface area contributed by atoms with Crippen LogP contribution in [0.4, 0.5) is 5.69 Å². The molecular weight excluding hydrogens is 204 g/mol. The second kappa shape index (κ2) is 6.98. The summed E-state index contributed by atoms with van der Waals surface area (Å²) >= 11 is 0. The molecule has 4 nitrogen and oxygen atoms in total. The van der Waals surface area contributed by atoms with Gasteiger partial charge in [-0.1, -0.05) is 18.2 Å². The molecule has 1 atom stereocenters. The van der Waals surface area contributed by atoms with E-state index in [1.54, 1.807) is 6.92 Å². The Morgan fingerprint density at radius 3 is 2.69 bits per heavy atom. The number of hydrogen-bond donors (Lipinski definition) is 3. The van der Waals surface area contributed by atoms with Crippen LogP contribution < -0.4 is 10.6 Å². The minimum absolute atomic E-state index is 0.0656. The Labute approximate surface area is 95.7 Å². The molecule has 1 rings (SSSR count). The van der Waals surface area contributed by atoms with Crippen molar-refractivity contribution in [3.63, 3.8) is 0 Å². The summed E-state index contributed by atoms with van der Waals surface area (Å²) in [7, 11) is 0. The summed E-state index contributed by atoms with van der Waals surface area (Å²) in [6, 6.07) is 9.08. The maximum absolute atomic E-state index is 11.7. The van der Waals surface area contributed by atoms with Gasteiger partial charge in [0.05, 0.1) is 6.04 Å². The van der Waals surface area contributed by atoms with Gasteiger partial charge in [-0.15, -0.1) is 0 Å². The topological polar surface area (TPSA) is 61.4 Å². The average Bonchev–Trinajstić information content (AvgIpc) is 2.30. The summed E-state index contributed by atoms with van der Waals surface area (Å²) in [5.41, 5.74) is 0.795. The molecular formula is C12H18N2O2. The quantitative estimate of drug-likeness (QED) is 0.629. The first kappa shape index (κ1) is 12.7. The second-order valence-corrected chi connectivity index (χ2v) is 3.61. The fourth-order valence-corrected chi connectivity index (χ4v) is 1.26. The zero-order valence-electron chi connectivity index (χ0n) is 9.44. The third-order valence-electron chi connectivity index (χ3n) is 2.22. The van der Waals surface area contributed by atoms with E-state index in [1.807, 2.05) is 30.3 Å². The van der Waals surface area contributed by atoms with Crippen molar-refractivity contribution in [3.8, 4) is 0 Å². The molecule has 1 unspecified atom stereocenters. The maximum atomic E-state index is 11.7. The average molecular weight is 222 g/mol. The standard InChI is InChI=1S/C12H18N2O2/c1-10(13-8-5-9-15)12(16)14-11-6-3-2-4-7-11/h2-4,6-7,10,13,15H,5,8-9H2,1H3,(H,14,16). The van der Waals surface area contributed by atoms with Crippen molar-refractivity contribution in [1.29, 1.82) is 0 Å². The summed E-state index contributed by atoms with van der Waals surface area (Å²) in [5.74, 6) is -0.0656. The molecule has 1 amide bonds. The predicted octanol–water partition coefficient (Wildman–Crippen LogP) is 0.986. The normalized spacial score (nSPS) is 12.1. The van der Waals surface area contributed by atoms with Crippen LogP contribution in [0, 0.1) is 0 Å². The Morgan fingerprint density at radius 2 is 2.06 bits per heavy atom. The molecule has 4 heteroatoms. The number of anilines is 1. The van der Waals surface area contributed by atoms with Crippen LogP contribution in [0.3, 0.4) is 0 Å². The highest BCUT2D eigenvalue weighted by Gasteiger charge is 2.11. The zero-order valence-corrected chi connectivity index (χ0v) is 9.44. The molecule has 0 spiro atoms. The van der Waals surface area contributed by atoms with Crippen molar-refractivity contribution in [2.24, 2.45) is 0 Å². The summed E-state index contributed by atoms with van der Waals surface area (Å²) in [5, 5.41) is 14.4. The van der Waals surface area contributed by atoms with Crippen molar-refractivity contribution in [2.45, 2.75) is 19.4 Å². The molecule has 3 N–H and O–H groups in total. The van der Waals surface area contributed by atoms with E-state index < -0.39 is 0 Å². The van der Waals surface area contributed by atoms with Crippen LogP contribution in [0.1, 0.15) is 13.3 Å². The van der Waals surface area contributed by atoms with Crippen molar-refractivity contribution in [1.82, 2.24) is 5.32 Å². The number of carbonyl (C=O) groups is 1. The number of carbonyl (C=O) groups excluding carboxylic acids is 1. The number of para-hydroxylation sites is 1. The van der Waals surface area contributed by atoms with Crippen LogP contribution in [-0.4, -0.2) is 30.2 Å². The van der Waals surface area contributed by atoms with Crippen molar-refractivity contribution in [2.75, 3.05) is 18.5 Å². The third-order valence-corrected chi connectivity index (χ3v) is 2.22. The smallest absolute Gasteiger partial charge is 0.241 e. The molecule has 0 aliphatic carbocycles. The molecule has 0 fully saturated rings. The first-order valence-electron chi connectivity index (χ1n) is 5.44. The van der Waals surface area contributed by atoms with Crippen LogP contribution in [0.25, 0.3) is 0 Å². The van der Waals surface area contributed by atoms with Crippen LogP contribution in [-0.2, 0) is 4.79 Å². The van der Waals surface area contributed by atoms with Gasteiger partial charge < -0.3 is 15.7 Å². The van der Waals surface area contributed by atoms with Gasteiger partial charge in [0.1, 0.15) is 0 Å². The number of nitrogens with one attached hydrogen (secondary N) is 2.